The van der Waals surface area contributed by atoms with Crippen molar-refractivity contribution in [2.45, 2.75) is 31.7 Å². The van der Waals surface area contributed by atoms with Crippen LogP contribution in [0.5, 0.6) is 0 Å². The zero-order chi connectivity index (χ0) is 14.0. The van der Waals surface area contributed by atoms with Gasteiger partial charge in [-0.05, 0) is 32.9 Å². The van der Waals surface area contributed by atoms with Gasteiger partial charge in [0.2, 0.25) is 10.0 Å². The molecule has 1 saturated heterocycles. The highest BCUT2D eigenvalue weighted by Gasteiger charge is 2.30. The molecule has 1 heterocycles. The van der Waals surface area contributed by atoms with E-state index in [1.807, 2.05) is 19.1 Å². The lowest BCUT2D eigenvalue weighted by Gasteiger charge is -2.33. The monoisotopic (exact) mass is 283 g/mol. The molecule has 0 atom stereocenters. The lowest BCUT2D eigenvalue weighted by Crippen LogP contribution is -3.17. The average Bonchev–Trinajstić information content (AvgIpc) is 2.39. The van der Waals surface area contributed by atoms with Crippen LogP contribution in [0.3, 0.4) is 0 Å². The first-order valence-electron chi connectivity index (χ1n) is 6.82. The molecule has 1 fully saturated rings. The van der Waals surface area contributed by atoms with Crippen LogP contribution >= 0.6 is 0 Å². The summed E-state index contributed by atoms with van der Waals surface area (Å²) in [6, 6.07) is 7.66. The zero-order valence-corrected chi connectivity index (χ0v) is 12.7. The molecule has 1 aliphatic rings. The van der Waals surface area contributed by atoms with Gasteiger partial charge < -0.3 is 4.90 Å². The van der Waals surface area contributed by atoms with Crippen molar-refractivity contribution in [1.29, 1.82) is 0 Å². The molecule has 0 spiro atoms. The Balaban J connectivity index is 2.12. The fraction of sp³-hybridized carbons (Fsp3) is 0.571. The molecule has 2 rings (SSSR count). The second kappa shape index (κ2) is 5.61. The first-order chi connectivity index (χ1) is 8.91. The molecule has 0 bridgehead atoms. The molecule has 0 aromatic heterocycles. The fourth-order valence-corrected chi connectivity index (χ4v) is 3.89. The summed E-state index contributed by atoms with van der Waals surface area (Å²) in [6.45, 7) is 9.33. The van der Waals surface area contributed by atoms with E-state index >= 15 is 0 Å². The van der Waals surface area contributed by atoms with Gasteiger partial charge in [-0.1, -0.05) is 17.7 Å². The summed E-state index contributed by atoms with van der Waals surface area (Å²) in [7, 11) is -3.31. The number of aryl methyl sites for hydroxylation is 1. The van der Waals surface area contributed by atoms with Gasteiger partial charge in [-0.25, -0.2) is 8.42 Å². The Bertz CT molecular complexity index is 515. The number of hydrogen-bond acceptors (Lipinski definition) is 2. The van der Waals surface area contributed by atoms with E-state index < -0.39 is 10.0 Å². The summed E-state index contributed by atoms with van der Waals surface area (Å²) in [5.41, 5.74) is 1.08. The van der Waals surface area contributed by atoms with E-state index in [1.54, 1.807) is 16.4 Å². The normalized spacial score (nSPS) is 18.9. The molecule has 4 nitrogen and oxygen atoms in total. The molecule has 0 amide bonds. The van der Waals surface area contributed by atoms with Crippen molar-refractivity contribution in [3.05, 3.63) is 29.8 Å². The van der Waals surface area contributed by atoms with Crippen LogP contribution in [0, 0.1) is 6.92 Å². The number of hydrogen-bond donors (Lipinski definition) is 1. The van der Waals surface area contributed by atoms with E-state index in [-0.39, 0.29) is 0 Å². The molecule has 0 unspecified atom stereocenters. The highest BCUT2D eigenvalue weighted by Crippen LogP contribution is 2.16. The third-order valence-electron chi connectivity index (χ3n) is 3.84. The molecular weight excluding hydrogens is 260 g/mol. The maximum absolute atomic E-state index is 12.5. The van der Waals surface area contributed by atoms with E-state index in [0.29, 0.717) is 24.0 Å². The van der Waals surface area contributed by atoms with Gasteiger partial charge in [0.15, 0.2) is 0 Å². The molecular formula is C14H23N2O2S+. The van der Waals surface area contributed by atoms with Gasteiger partial charge in [0.1, 0.15) is 0 Å². The minimum Gasteiger partial charge on any atom is -0.331 e. The Labute approximate surface area is 116 Å². The van der Waals surface area contributed by atoms with Gasteiger partial charge >= 0.3 is 0 Å². The summed E-state index contributed by atoms with van der Waals surface area (Å²) < 4.78 is 26.6. The zero-order valence-electron chi connectivity index (χ0n) is 11.9. The molecule has 0 aliphatic carbocycles. The lowest BCUT2D eigenvalue weighted by atomic mass is 10.2. The Kier molecular flexibility index (Phi) is 4.28. The average molecular weight is 283 g/mol. The molecule has 19 heavy (non-hydrogen) atoms. The number of piperazine rings is 1. The van der Waals surface area contributed by atoms with Crippen molar-refractivity contribution >= 4 is 10.0 Å². The van der Waals surface area contributed by atoms with Gasteiger partial charge in [0, 0.05) is 0 Å². The minimum absolute atomic E-state index is 0.408. The van der Waals surface area contributed by atoms with Crippen LogP contribution in [0.15, 0.2) is 29.2 Å². The number of nitrogens with zero attached hydrogens (tertiary/aromatic N) is 1. The van der Waals surface area contributed by atoms with Crippen LogP contribution < -0.4 is 4.90 Å². The highest BCUT2D eigenvalue weighted by molar-refractivity contribution is 7.89. The largest absolute Gasteiger partial charge is 0.331 e. The van der Waals surface area contributed by atoms with Crippen LogP contribution in [0.4, 0.5) is 0 Å². The maximum Gasteiger partial charge on any atom is 0.243 e. The van der Waals surface area contributed by atoms with Crippen molar-refractivity contribution in [3.8, 4) is 0 Å². The van der Waals surface area contributed by atoms with Gasteiger partial charge in [-0.2, -0.15) is 4.31 Å². The molecule has 5 heteroatoms. The van der Waals surface area contributed by atoms with Crippen molar-refractivity contribution in [2.24, 2.45) is 0 Å². The Hall–Kier alpha value is -0.910. The molecule has 1 N–H and O–H groups in total. The van der Waals surface area contributed by atoms with Crippen LogP contribution in [0.2, 0.25) is 0 Å². The smallest absolute Gasteiger partial charge is 0.243 e. The van der Waals surface area contributed by atoms with E-state index in [1.165, 1.54) is 4.90 Å². The molecule has 0 radical (unpaired) electrons. The number of benzene rings is 1. The number of sulfonamides is 1. The fourth-order valence-electron chi connectivity index (χ4n) is 2.45. The van der Waals surface area contributed by atoms with E-state index in [9.17, 15) is 8.42 Å². The minimum atomic E-state index is -3.31. The van der Waals surface area contributed by atoms with Crippen molar-refractivity contribution in [3.63, 3.8) is 0 Å². The van der Waals surface area contributed by atoms with E-state index in [4.69, 9.17) is 0 Å². The maximum atomic E-state index is 12.5. The summed E-state index contributed by atoms with van der Waals surface area (Å²) >= 11 is 0. The first kappa shape index (κ1) is 14.5. The van der Waals surface area contributed by atoms with E-state index in [2.05, 4.69) is 13.8 Å². The second-order valence-electron chi connectivity index (χ2n) is 5.53. The summed E-state index contributed by atoms with van der Waals surface area (Å²) in [5, 5.41) is 0. The van der Waals surface area contributed by atoms with Crippen molar-refractivity contribution < 1.29 is 13.3 Å². The second-order valence-corrected chi connectivity index (χ2v) is 7.47. The van der Waals surface area contributed by atoms with Gasteiger partial charge in [-0.15, -0.1) is 0 Å². The Morgan fingerprint density at radius 3 is 2.11 bits per heavy atom. The van der Waals surface area contributed by atoms with E-state index in [0.717, 1.165) is 18.7 Å². The van der Waals surface area contributed by atoms with Crippen LogP contribution in [-0.4, -0.2) is 44.9 Å². The Morgan fingerprint density at radius 2 is 1.63 bits per heavy atom. The number of rotatable bonds is 3. The molecule has 1 aromatic rings. The highest BCUT2D eigenvalue weighted by atomic mass is 32.2. The van der Waals surface area contributed by atoms with Gasteiger partial charge in [0.05, 0.1) is 37.1 Å². The van der Waals surface area contributed by atoms with Crippen LogP contribution in [0.1, 0.15) is 19.4 Å². The third-order valence-corrected chi connectivity index (χ3v) is 5.75. The quantitative estimate of drug-likeness (QED) is 0.866. The predicted molar refractivity (Wildman–Crippen MR) is 75.8 cm³/mol. The predicted octanol–water partition coefficient (Wildman–Crippen LogP) is 0.293. The van der Waals surface area contributed by atoms with Crippen molar-refractivity contribution in [2.75, 3.05) is 26.2 Å². The number of quaternary nitrogens is 1. The van der Waals surface area contributed by atoms with Gasteiger partial charge in [-0.3, -0.25) is 0 Å². The summed E-state index contributed by atoms with van der Waals surface area (Å²) in [6.07, 6.45) is 0. The summed E-state index contributed by atoms with van der Waals surface area (Å²) in [5.74, 6) is 0. The molecule has 0 saturated carbocycles. The summed E-state index contributed by atoms with van der Waals surface area (Å²) in [4.78, 5) is 1.89. The van der Waals surface area contributed by atoms with Gasteiger partial charge in [0.25, 0.3) is 0 Å². The lowest BCUT2D eigenvalue weighted by molar-refractivity contribution is -0.924. The molecule has 1 aliphatic heterocycles. The van der Waals surface area contributed by atoms with Crippen molar-refractivity contribution in [1.82, 2.24) is 4.31 Å². The Morgan fingerprint density at radius 1 is 1.11 bits per heavy atom. The standard InChI is InChI=1S/C14H22N2O2S/c1-12(2)15-8-10-16(11-9-15)19(17,18)14-6-4-13(3)5-7-14/h4-7,12H,8-11H2,1-3H3/p+1. The van der Waals surface area contributed by atoms with Crippen LogP contribution in [0.25, 0.3) is 0 Å². The topological polar surface area (TPSA) is 41.8 Å². The molecule has 1 aromatic carbocycles. The third kappa shape index (κ3) is 3.16. The molecule has 106 valence electrons. The first-order valence-corrected chi connectivity index (χ1v) is 8.26. The van der Waals surface area contributed by atoms with Crippen LogP contribution in [-0.2, 0) is 10.0 Å². The SMILES string of the molecule is Cc1ccc(S(=O)(=O)N2CC[NH+](C(C)C)CC2)cc1. The number of nitrogens with one attached hydrogen (secondary N) is 1.